The molecule has 72 valence electrons. The van der Waals surface area contributed by atoms with Crippen molar-refractivity contribution < 1.29 is 0 Å². The fourth-order valence-corrected chi connectivity index (χ4v) is 2.28. The summed E-state index contributed by atoms with van der Waals surface area (Å²) in [5, 5.41) is 6.58. The van der Waals surface area contributed by atoms with Crippen LogP contribution >= 0.6 is 11.3 Å². The quantitative estimate of drug-likeness (QED) is 0.797. The monoisotopic (exact) mass is 197 g/mol. The first-order valence-electron chi connectivity index (χ1n) is 4.69. The smallest absolute Gasteiger partial charge is 0.183 e. The molecule has 0 spiro atoms. The molecule has 1 saturated heterocycles. The summed E-state index contributed by atoms with van der Waals surface area (Å²) in [4.78, 5) is 6.79. The van der Waals surface area contributed by atoms with Crippen molar-refractivity contribution in [3.8, 4) is 0 Å². The number of nitrogens with one attached hydrogen (secondary N) is 1. The number of nitrogens with zero attached hydrogens (tertiary/aromatic N) is 2. The molecular formula is C9H15N3S. The van der Waals surface area contributed by atoms with Crippen molar-refractivity contribution in [2.45, 2.75) is 19.9 Å². The molecule has 1 aromatic rings. The van der Waals surface area contributed by atoms with Gasteiger partial charge in [0, 0.05) is 18.5 Å². The van der Waals surface area contributed by atoms with Crippen molar-refractivity contribution in [3.63, 3.8) is 0 Å². The van der Waals surface area contributed by atoms with E-state index < -0.39 is 0 Å². The molecular weight excluding hydrogens is 182 g/mol. The molecule has 3 nitrogen and oxygen atoms in total. The zero-order valence-corrected chi connectivity index (χ0v) is 8.90. The van der Waals surface area contributed by atoms with Crippen molar-refractivity contribution in [1.29, 1.82) is 0 Å². The molecule has 4 heteroatoms. The molecule has 1 aliphatic rings. The Kier molecular flexibility index (Phi) is 2.51. The summed E-state index contributed by atoms with van der Waals surface area (Å²) in [6, 6.07) is 0.616. The number of hydrogen-bond donors (Lipinski definition) is 1. The molecule has 1 aromatic heterocycles. The van der Waals surface area contributed by atoms with Crippen LogP contribution in [0.1, 0.15) is 12.6 Å². The molecule has 0 saturated carbocycles. The number of rotatable bonds is 3. The predicted molar refractivity (Wildman–Crippen MR) is 56.4 cm³/mol. The number of hydrogen-bond acceptors (Lipinski definition) is 4. The van der Waals surface area contributed by atoms with Crippen molar-refractivity contribution in [2.24, 2.45) is 0 Å². The maximum absolute atomic E-state index is 4.37. The van der Waals surface area contributed by atoms with Gasteiger partial charge < -0.3 is 5.32 Å². The molecule has 0 radical (unpaired) electrons. The van der Waals surface area contributed by atoms with E-state index in [1.165, 1.54) is 0 Å². The molecule has 2 rings (SSSR count). The summed E-state index contributed by atoms with van der Waals surface area (Å²) < 4.78 is 0. The van der Waals surface area contributed by atoms with Crippen LogP contribution in [-0.2, 0) is 0 Å². The molecule has 0 atom stereocenters. The van der Waals surface area contributed by atoms with Crippen LogP contribution < -0.4 is 5.32 Å². The van der Waals surface area contributed by atoms with Crippen LogP contribution in [0.15, 0.2) is 5.38 Å². The van der Waals surface area contributed by atoms with Gasteiger partial charge in [0.25, 0.3) is 0 Å². The van der Waals surface area contributed by atoms with Crippen molar-refractivity contribution >= 4 is 16.5 Å². The highest BCUT2D eigenvalue weighted by atomic mass is 32.1. The Morgan fingerprint density at radius 1 is 1.69 bits per heavy atom. The van der Waals surface area contributed by atoms with Gasteiger partial charge in [-0.15, -0.1) is 11.3 Å². The fraction of sp³-hybridized carbons (Fsp3) is 0.667. The van der Waals surface area contributed by atoms with Gasteiger partial charge in [0.05, 0.1) is 11.7 Å². The standard InChI is InChI=1S/C9H15N3S/c1-3-12-4-8(5-12)11-9-10-7(2)6-13-9/h6,8H,3-5H2,1-2H3,(H,10,11). The van der Waals surface area contributed by atoms with Crippen LogP contribution in [0.5, 0.6) is 0 Å². The highest BCUT2D eigenvalue weighted by Gasteiger charge is 2.25. The lowest BCUT2D eigenvalue weighted by Crippen LogP contribution is -2.54. The first kappa shape index (κ1) is 8.97. The molecule has 0 unspecified atom stereocenters. The van der Waals surface area contributed by atoms with Gasteiger partial charge >= 0.3 is 0 Å². The van der Waals surface area contributed by atoms with Crippen LogP contribution in [0.4, 0.5) is 5.13 Å². The van der Waals surface area contributed by atoms with Gasteiger partial charge in [0.2, 0.25) is 0 Å². The molecule has 0 amide bonds. The van der Waals surface area contributed by atoms with Crippen molar-refractivity contribution in [3.05, 3.63) is 11.1 Å². The maximum atomic E-state index is 4.37. The summed E-state index contributed by atoms with van der Waals surface area (Å²) in [6.45, 7) is 7.71. The molecule has 1 fully saturated rings. The summed E-state index contributed by atoms with van der Waals surface area (Å²) in [5.74, 6) is 0. The molecule has 1 aliphatic heterocycles. The molecule has 0 bridgehead atoms. The Hall–Kier alpha value is -0.610. The van der Waals surface area contributed by atoms with Gasteiger partial charge in [0.15, 0.2) is 5.13 Å². The third-order valence-electron chi connectivity index (χ3n) is 2.35. The highest BCUT2D eigenvalue weighted by molar-refractivity contribution is 7.13. The zero-order chi connectivity index (χ0) is 9.26. The summed E-state index contributed by atoms with van der Waals surface area (Å²) in [7, 11) is 0. The van der Waals surface area contributed by atoms with Crippen LogP contribution in [0.2, 0.25) is 0 Å². The van der Waals surface area contributed by atoms with Crippen LogP contribution in [0, 0.1) is 6.92 Å². The minimum Gasteiger partial charge on any atom is -0.356 e. The third kappa shape index (κ3) is 2.00. The van der Waals surface area contributed by atoms with Gasteiger partial charge in [0.1, 0.15) is 0 Å². The normalized spacial score (nSPS) is 18.6. The number of likely N-dealkylation sites (N-methyl/N-ethyl adjacent to an activating group) is 1. The Bertz CT molecular complexity index is 278. The first-order valence-corrected chi connectivity index (χ1v) is 5.57. The molecule has 2 heterocycles. The average Bonchev–Trinajstić information content (AvgIpc) is 2.43. The summed E-state index contributed by atoms with van der Waals surface area (Å²) in [5.41, 5.74) is 1.11. The van der Waals surface area contributed by atoms with E-state index >= 15 is 0 Å². The third-order valence-corrected chi connectivity index (χ3v) is 3.24. The van der Waals surface area contributed by atoms with Crippen LogP contribution in [-0.4, -0.2) is 35.6 Å². The maximum Gasteiger partial charge on any atom is 0.183 e. The lowest BCUT2D eigenvalue weighted by Gasteiger charge is -2.38. The van der Waals surface area contributed by atoms with Gasteiger partial charge in [-0.25, -0.2) is 4.98 Å². The highest BCUT2D eigenvalue weighted by Crippen LogP contribution is 2.18. The predicted octanol–water partition coefficient (Wildman–Crippen LogP) is 1.57. The number of aryl methyl sites for hydroxylation is 1. The molecule has 1 N–H and O–H groups in total. The molecule has 13 heavy (non-hydrogen) atoms. The number of aromatic nitrogens is 1. The van der Waals surface area contributed by atoms with E-state index in [9.17, 15) is 0 Å². The Morgan fingerprint density at radius 2 is 2.46 bits per heavy atom. The number of anilines is 1. The van der Waals surface area contributed by atoms with E-state index in [1.807, 2.05) is 6.92 Å². The van der Waals surface area contributed by atoms with Gasteiger partial charge in [-0.2, -0.15) is 0 Å². The van der Waals surface area contributed by atoms with E-state index in [1.54, 1.807) is 11.3 Å². The first-order chi connectivity index (χ1) is 6.28. The van der Waals surface area contributed by atoms with Crippen LogP contribution in [0.25, 0.3) is 0 Å². The Morgan fingerprint density at radius 3 is 3.00 bits per heavy atom. The SMILES string of the molecule is CCN1CC(Nc2nc(C)cs2)C1. The lowest BCUT2D eigenvalue weighted by atomic mass is 10.1. The lowest BCUT2D eigenvalue weighted by molar-refractivity contribution is 0.171. The van der Waals surface area contributed by atoms with E-state index in [0.717, 1.165) is 30.5 Å². The van der Waals surface area contributed by atoms with E-state index in [-0.39, 0.29) is 0 Å². The summed E-state index contributed by atoms with van der Waals surface area (Å²) >= 11 is 1.70. The Balaban J connectivity index is 1.81. The van der Waals surface area contributed by atoms with Crippen molar-refractivity contribution in [1.82, 2.24) is 9.88 Å². The minimum atomic E-state index is 0.616. The molecule has 0 aromatic carbocycles. The Labute approximate surface area is 82.8 Å². The second kappa shape index (κ2) is 3.64. The number of thiazole rings is 1. The largest absolute Gasteiger partial charge is 0.356 e. The van der Waals surface area contributed by atoms with Crippen LogP contribution in [0.3, 0.4) is 0 Å². The topological polar surface area (TPSA) is 28.2 Å². The number of likely N-dealkylation sites (tertiary alicyclic amines) is 1. The zero-order valence-electron chi connectivity index (χ0n) is 8.08. The second-order valence-corrected chi connectivity index (χ2v) is 4.35. The minimum absolute atomic E-state index is 0.616. The van der Waals surface area contributed by atoms with Gasteiger partial charge in [-0.3, -0.25) is 4.90 Å². The van der Waals surface area contributed by atoms with E-state index in [4.69, 9.17) is 0 Å². The van der Waals surface area contributed by atoms with Gasteiger partial charge in [-0.05, 0) is 13.5 Å². The average molecular weight is 197 g/mol. The fourth-order valence-electron chi connectivity index (χ4n) is 1.51. The molecule has 0 aliphatic carbocycles. The van der Waals surface area contributed by atoms with E-state index in [0.29, 0.717) is 6.04 Å². The van der Waals surface area contributed by atoms with Gasteiger partial charge in [-0.1, -0.05) is 6.92 Å². The van der Waals surface area contributed by atoms with E-state index in [2.05, 4.69) is 27.5 Å². The second-order valence-electron chi connectivity index (χ2n) is 3.49. The summed E-state index contributed by atoms with van der Waals surface area (Å²) in [6.07, 6.45) is 0. The van der Waals surface area contributed by atoms with Crippen molar-refractivity contribution in [2.75, 3.05) is 25.0 Å².